The van der Waals surface area contributed by atoms with Crippen molar-refractivity contribution >= 4 is 35.2 Å². The standard InChI is InChI=1S/C20H28N2O4S/c1-15-7-6-8-16(11-15)21-18(23)12-26-20(25)14-27-13-19(24)22(2)17-9-4-3-5-10-17/h6-8,11,17H,3-5,9-10,12-14H2,1-2H3,(H,21,23). The fourth-order valence-corrected chi connectivity index (χ4v) is 3.83. The Morgan fingerprint density at radius 1 is 1.19 bits per heavy atom. The predicted molar refractivity (Wildman–Crippen MR) is 108 cm³/mol. The van der Waals surface area contributed by atoms with E-state index in [2.05, 4.69) is 5.32 Å². The molecule has 1 aromatic carbocycles. The largest absolute Gasteiger partial charge is 0.455 e. The number of benzene rings is 1. The molecule has 1 saturated carbocycles. The van der Waals surface area contributed by atoms with Crippen LogP contribution in [0.2, 0.25) is 0 Å². The summed E-state index contributed by atoms with van der Waals surface area (Å²) in [5, 5.41) is 2.68. The van der Waals surface area contributed by atoms with Crippen molar-refractivity contribution in [3.05, 3.63) is 29.8 Å². The summed E-state index contributed by atoms with van der Waals surface area (Å²) < 4.78 is 4.97. The molecule has 27 heavy (non-hydrogen) atoms. The molecule has 0 radical (unpaired) electrons. The molecule has 1 fully saturated rings. The number of rotatable bonds is 8. The molecule has 0 atom stereocenters. The van der Waals surface area contributed by atoms with Gasteiger partial charge in [0.2, 0.25) is 5.91 Å². The Balaban J connectivity index is 1.61. The van der Waals surface area contributed by atoms with Crippen molar-refractivity contribution in [2.45, 2.75) is 45.1 Å². The molecule has 0 aliphatic heterocycles. The van der Waals surface area contributed by atoms with Gasteiger partial charge in [0, 0.05) is 18.8 Å². The predicted octanol–water partition coefficient (Wildman–Crippen LogP) is 3.00. The van der Waals surface area contributed by atoms with Gasteiger partial charge in [0.15, 0.2) is 6.61 Å². The molecule has 0 aromatic heterocycles. The minimum atomic E-state index is -0.493. The summed E-state index contributed by atoms with van der Waals surface area (Å²) in [4.78, 5) is 37.6. The molecule has 2 amide bonds. The third-order valence-electron chi connectivity index (χ3n) is 4.63. The maximum atomic E-state index is 12.2. The molecule has 1 aliphatic carbocycles. The minimum absolute atomic E-state index is 0.0388. The van der Waals surface area contributed by atoms with E-state index in [9.17, 15) is 14.4 Å². The number of amides is 2. The van der Waals surface area contributed by atoms with E-state index in [1.807, 2.05) is 37.1 Å². The number of carbonyl (C=O) groups is 3. The van der Waals surface area contributed by atoms with Crippen LogP contribution in [0, 0.1) is 6.92 Å². The minimum Gasteiger partial charge on any atom is -0.455 e. The topological polar surface area (TPSA) is 75.7 Å². The van der Waals surface area contributed by atoms with E-state index in [-0.39, 0.29) is 29.9 Å². The first-order valence-electron chi connectivity index (χ1n) is 9.31. The highest BCUT2D eigenvalue weighted by Gasteiger charge is 2.22. The van der Waals surface area contributed by atoms with Crippen LogP contribution in [0.1, 0.15) is 37.7 Å². The van der Waals surface area contributed by atoms with Gasteiger partial charge < -0.3 is 15.0 Å². The van der Waals surface area contributed by atoms with E-state index < -0.39 is 5.97 Å². The smallest absolute Gasteiger partial charge is 0.316 e. The van der Waals surface area contributed by atoms with Gasteiger partial charge in [0.25, 0.3) is 5.91 Å². The fraction of sp³-hybridized carbons (Fsp3) is 0.550. The van der Waals surface area contributed by atoms with Crippen LogP contribution in [0.5, 0.6) is 0 Å². The second kappa shape index (κ2) is 11.0. The second-order valence-corrected chi connectivity index (χ2v) is 7.85. The van der Waals surface area contributed by atoms with Crippen LogP contribution >= 0.6 is 11.8 Å². The highest BCUT2D eigenvalue weighted by Crippen LogP contribution is 2.22. The van der Waals surface area contributed by atoms with Gasteiger partial charge in [0.05, 0.1) is 11.5 Å². The number of carbonyl (C=O) groups excluding carboxylic acids is 3. The van der Waals surface area contributed by atoms with Crippen LogP contribution in [0.4, 0.5) is 5.69 Å². The molecule has 148 valence electrons. The van der Waals surface area contributed by atoms with Crippen molar-refractivity contribution in [3.63, 3.8) is 0 Å². The third kappa shape index (κ3) is 7.62. The van der Waals surface area contributed by atoms with Crippen molar-refractivity contribution in [3.8, 4) is 0 Å². The number of hydrogen-bond donors (Lipinski definition) is 1. The van der Waals surface area contributed by atoms with Gasteiger partial charge in [-0.3, -0.25) is 14.4 Å². The van der Waals surface area contributed by atoms with E-state index in [1.165, 1.54) is 31.0 Å². The Morgan fingerprint density at radius 3 is 2.63 bits per heavy atom. The van der Waals surface area contributed by atoms with E-state index in [4.69, 9.17) is 4.74 Å². The Bertz CT molecular complexity index is 659. The Hall–Kier alpha value is -2.02. The van der Waals surface area contributed by atoms with Crippen LogP contribution in [0.25, 0.3) is 0 Å². The highest BCUT2D eigenvalue weighted by atomic mass is 32.2. The zero-order valence-electron chi connectivity index (χ0n) is 16.0. The van der Waals surface area contributed by atoms with Crippen LogP contribution in [-0.2, 0) is 19.1 Å². The zero-order chi connectivity index (χ0) is 19.6. The molecule has 2 rings (SSSR count). The number of ether oxygens (including phenoxy) is 1. The molecule has 7 heteroatoms. The number of esters is 1. The number of aryl methyl sites for hydroxylation is 1. The molecule has 6 nitrogen and oxygen atoms in total. The summed E-state index contributed by atoms with van der Waals surface area (Å²) in [6.45, 7) is 1.60. The summed E-state index contributed by atoms with van der Waals surface area (Å²) in [6, 6.07) is 7.71. The zero-order valence-corrected chi connectivity index (χ0v) is 16.8. The number of nitrogens with one attached hydrogen (secondary N) is 1. The van der Waals surface area contributed by atoms with Gasteiger partial charge in [-0.05, 0) is 37.5 Å². The lowest BCUT2D eigenvalue weighted by molar-refractivity contribution is -0.144. The quantitative estimate of drug-likeness (QED) is 0.689. The summed E-state index contributed by atoms with van der Waals surface area (Å²) >= 11 is 1.22. The number of anilines is 1. The van der Waals surface area contributed by atoms with Crippen molar-refractivity contribution in [1.82, 2.24) is 4.90 Å². The van der Waals surface area contributed by atoms with Crippen LogP contribution < -0.4 is 5.32 Å². The molecular formula is C20H28N2O4S. The van der Waals surface area contributed by atoms with E-state index in [0.717, 1.165) is 18.4 Å². The van der Waals surface area contributed by atoms with Crippen LogP contribution in [-0.4, -0.2) is 53.9 Å². The molecule has 1 aliphatic rings. The van der Waals surface area contributed by atoms with Crippen LogP contribution in [0.3, 0.4) is 0 Å². The summed E-state index contributed by atoms with van der Waals surface area (Å²) in [5.74, 6) is -0.531. The highest BCUT2D eigenvalue weighted by molar-refractivity contribution is 8.00. The van der Waals surface area contributed by atoms with Gasteiger partial charge >= 0.3 is 5.97 Å². The average Bonchev–Trinajstić information content (AvgIpc) is 2.66. The summed E-state index contributed by atoms with van der Waals surface area (Å²) in [6.07, 6.45) is 5.71. The van der Waals surface area contributed by atoms with Gasteiger partial charge in [-0.2, -0.15) is 0 Å². The Kier molecular flexibility index (Phi) is 8.64. The summed E-state index contributed by atoms with van der Waals surface area (Å²) in [7, 11) is 1.84. The first-order chi connectivity index (χ1) is 13.0. The van der Waals surface area contributed by atoms with E-state index >= 15 is 0 Å². The normalized spacial score (nSPS) is 14.4. The lowest BCUT2D eigenvalue weighted by Gasteiger charge is -2.31. The maximum absolute atomic E-state index is 12.2. The molecular weight excluding hydrogens is 364 g/mol. The number of nitrogens with zero attached hydrogens (tertiary/aromatic N) is 1. The number of thioether (sulfide) groups is 1. The first-order valence-corrected chi connectivity index (χ1v) is 10.5. The Morgan fingerprint density at radius 2 is 1.93 bits per heavy atom. The molecule has 1 N–H and O–H groups in total. The lowest BCUT2D eigenvalue weighted by atomic mass is 9.94. The van der Waals surface area contributed by atoms with Crippen molar-refractivity contribution < 1.29 is 19.1 Å². The molecule has 1 aromatic rings. The van der Waals surface area contributed by atoms with E-state index in [1.54, 1.807) is 6.07 Å². The maximum Gasteiger partial charge on any atom is 0.316 e. The monoisotopic (exact) mass is 392 g/mol. The third-order valence-corrected chi connectivity index (χ3v) is 5.52. The number of hydrogen-bond acceptors (Lipinski definition) is 5. The Labute approximate surface area is 165 Å². The van der Waals surface area contributed by atoms with Gasteiger partial charge in [0.1, 0.15) is 0 Å². The van der Waals surface area contributed by atoms with Crippen LogP contribution in [0.15, 0.2) is 24.3 Å². The first kappa shape index (κ1) is 21.3. The van der Waals surface area contributed by atoms with Crippen molar-refractivity contribution in [2.75, 3.05) is 30.5 Å². The second-order valence-electron chi connectivity index (χ2n) is 6.87. The van der Waals surface area contributed by atoms with Gasteiger partial charge in [-0.25, -0.2) is 0 Å². The average molecular weight is 393 g/mol. The van der Waals surface area contributed by atoms with Crippen molar-refractivity contribution in [1.29, 1.82) is 0 Å². The molecule has 0 saturated heterocycles. The van der Waals surface area contributed by atoms with Crippen molar-refractivity contribution in [2.24, 2.45) is 0 Å². The van der Waals surface area contributed by atoms with E-state index in [0.29, 0.717) is 11.7 Å². The molecule has 0 heterocycles. The van der Waals surface area contributed by atoms with Gasteiger partial charge in [-0.1, -0.05) is 31.4 Å². The van der Waals surface area contributed by atoms with Gasteiger partial charge in [-0.15, -0.1) is 11.8 Å². The lowest BCUT2D eigenvalue weighted by Crippen LogP contribution is -2.39. The fourth-order valence-electron chi connectivity index (χ4n) is 3.10. The SMILES string of the molecule is Cc1cccc(NC(=O)COC(=O)CSCC(=O)N(C)C2CCCCC2)c1. The summed E-state index contributed by atoms with van der Waals surface area (Å²) in [5.41, 5.74) is 1.70. The molecule has 0 bridgehead atoms. The molecule has 0 spiro atoms. The molecule has 0 unspecified atom stereocenters.